The van der Waals surface area contributed by atoms with Crippen molar-refractivity contribution in [2.75, 3.05) is 18.1 Å². The first-order valence-corrected chi connectivity index (χ1v) is 11.4. The van der Waals surface area contributed by atoms with Crippen molar-refractivity contribution < 1.29 is 14.3 Å². The van der Waals surface area contributed by atoms with Gasteiger partial charge in [-0.1, -0.05) is 53.1 Å². The van der Waals surface area contributed by atoms with Gasteiger partial charge in [-0.15, -0.1) is 6.42 Å². The first-order valence-electron chi connectivity index (χ1n) is 8.61. The maximum Gasteiger partial charge on any atom is 0.270 e. The number of halogens is 3. The quantitative estimate of drug-likeness (QED) is 0.234. The van der Waals surface area contributed by atoms with Crippen LogP contribution in [0.4, 0.5) is 5.69 Å². The normalized spacial score (nSPS) is 14.9. The van der Waals surface area contributed by atoms with Gasteiger partial charge < -0.3 is 9.47 Å². The average molecular weight is 543 g/mol. The van der Waals surface area contributed by atoms with Crippen molar-refractivity contribution >= 4 is 85.1 Å². The number of carbonyl (C=O) groups is 1. The van der Waals surface area contributed by atoms with Crippen LogP contribution < -0.4 is 14.4 Å². The van der Waals surface area contributed by atoms with Crippen LogP contribution in [0.25, 0.3) is 6.08 Å². The Morgan fingerprint density at radius 3 is 2.73 bits per heavy atom. The molecule has 3 rings (SSSR count). The number of amides is 1. The summed E-state index contributed by atoms with van der Waals surface area (Å²) in [4.78, 5) is 14.9. The summed E-state index contributed by atoms with van der Waals surface area (Å²) < 4.78 is 12.3. The minimum atomic E-state index is -0.268. The van der Waals surface area contributed by atoms with Crippen LogP contribution in [0.2, 0.25) is 10.0 Å². The van der Waals surface area contributed by atoms with E-state index in [1.54, 1.807) is 30.3 Å². The summed E-state index contributed by atoms with van der Waals surface area (Å²) in [5, 5.41) is 0.821. The molecule has 0 radical (unpaired) electrons. The van der Waals surface area contributed by atoms with Crippen LogP contribution in [0.1, 0.15) is 12.5 Å². The van der Waals surface area contributed by atoms with Gasteiger partial charge in [0.15, 0.2) is 15.8 Å². The molecule has 30 heavy (non-hydrogen) atoms. The number of terminal acetylenes is 1. The molecule has 2 aromatic rings. The molecule has 4 nitrogen and oxygen atoms in total. The molecule has 0 spiro atoms. The molecule has 154 valence electrons. The number of carbonyl (C=O) groups excluding carboxylic acids is 1. The zero-order valence-electron chi connectivity index (χ0n) is 15.6. The molecule has 2 aromatic carbocycles. The monoisotopic (exact) mass is 541 g/mol. The van der Waals surface area contributed by atoms with E-state index in [0.717, 1.165) is 5.56 Å². The SMILES string of the molecule is C#CCOc1c(Br)cc(/C=C2/SC(=S)N(c3ccc(Cl)cc3Cl)C2=O)cc1OCC. The van der Waals surface area contributed by atoms with Gasteiger partial charge in [0.2, 0.25) is 0 Å². The number of ether oxygens (including phenoxy) is 2. The van der Waals surface area contributed by atoms with E-state index < -0.39 is 0 Å². The van der Waals surface area contributed by atoms with Crippen molar-refractivity contribution in [2.24, 2.45) is 0 Å². The van der Waals surface area contributed by atoms with Crippen molar-refractivity contribution in [2.45, 2.75) is 6.92 Å². The van der Waals surface area contributed by atoms with Gasteiger partial charge in [-0.2, -0.15) is 0 Å². The molecule has 0 saturated carbocycles. The third-order valence-corrected chi connectivity index (χ3v) is 6.30. The van der Waals surface area contributed by atoms with Gasteiger partial charge in [0.25, 0.3) is 5.91 Å². The molecule has 1 heterocycles. The van der Waals surface area contributed by atoms with Crippen LogP contribution in [0.15, 0.2) is 39.7 Å². The van der Waals surface area contributed by atoms with Gasteiger partial charge in [0.1, 0.15) is 6.61 Å². The molecule has 1 amide bonds. The molecular formula is C21H14BrCl2NO3S2. The number of hydrogen-bond donors (Lipinski definition) is 0. The third-order valence-electron chi connectivity index (χ3n) is 3.87. The van der Waals surface area contributed by atoms with E-state index in [4.69, 9.17) is 51.3 Å². The Bertz CT molecular complexity index is 1100. The molecule has 0 unspecified atom stereocenters. The highest BCUT2D eigenvalue weighted by molar-refractivity contribution is 9.10. The Labute approximate surface area is 202 Å². The number of rotatable bonds is 6. The van der Waals surface area contributed by atoms with Crippen molar-refractivity contribution in [3.05, 3.63) is 55.3 Å². The molecule has 1 saturated heterocycles. The lowest BCUT2D eigenvalue weighted by Gasteiger charge is -2.16. The molecule has 0 N–H and O–H groups in total. The van der Waals surface area contributed by atoms with Crippen LogP contribution in [0.5, 0.6) is 11.5 Å². The van der Waals surface area contributed by atoms with E-state index in [-0.39, 0.29) is 12.5 Å². The number of hydrogen-bond acceptors (Lipinski definition) is 5. The largest absolute Gasteiger partial charge is 0.490 e. The summed E-state index contributed by atoms with van der Waals surface area (Å²) >= 11 is 22.3. The van der Waals surface area contributed by atoms with Crippen molar-refractivity contribution in [3.63, 3.8) is 0 Å². The summed E-state index contributed by atoms with van der Waals surface area (Å²) in [5.74, 6) is 3.19. The molecule has 0 aromatic heterocycles. The van der Waals surface area contributed by atoms with Crippen molar-refractivity contribution in [1.29, 1.82) is 0 Å². The van der Waals surface area contributed by atoms with Crippen LogP contribution in [-0.2, 0) is 4.79 Å². The molecule has 1 fully saturated rings. The van der Waals surface area contributed by atoms with E-state index in [1.165, 1.54) is 16.7 Å². The minimum absolute atomic E-state index is 0.110. The van der Waals surface area contributed by atoms with E-state index in [1.807, 2.05) is 13.0 Å². The lowest BCUT2D eigenvalue weighted by molar-refractivity contribution is -0.113. The molecule has 0 atom stereocenters. The molecule has 1 aliphatic rings. The highest BCUT2D eigenvalue weighted by Crippen LogP contribution is 2.41. The number of benzene rings is 2. The van der Waals surface area contributed by atoms with Crippen molar-refractivity contribution in [1.82, 2.24) is 0 Å². The van der Waals surface area contributed by atoms with Gasteiger partial charge in [-0.25, -0.2) is 0 Å². The number of thiocarbonyl (C=S) groups is 1. The lowest BCUT2D eigenvalue weighted by atomic mass is 10.1. The van der Waals surface area contributed by atoms with Gasteiger partial charge in [-0.05, 0) is 64.8 Å². The number of thioether (sulfide) groups is 1. The smallest absolute Gasteiger partial charge is 0.270 e. The fraction of sp³-hybridized carbons (Fsp3) is 0.143. The molecule has 0 aliphatic carbocycles. The van der Waals surface area contributed by atoms with Gasteiger partial charge in [-0.3, -0.25) is 9.69 Å². The lowest BCUT2D eigenvalue weighted by Crippen LogP contribution is -2.27. The maximum atomic E-state index is 13.0. The Morgan fingerprint density at radius 1 is 1.30 bits per heavy atom. The van der Waals surface area contributed by atoms with E-state index in [9.17, 15) is 4.79 Å². The van der Waals surface area contributed by atoms with Crippen LogP contribution in [0.3, 0.4) is 0 Å². The maximum absolute atomic E-state index is 13.0. The first kappa shape index (κ1) is 23.0. The number of anilines is 1. The summed E-state index contributed by atoms with van der Waals surface area (Å²) in [7, 11) is 0. The Balaban J connectivity index is 1.96. The summed E-state index contributed by atoms with van der Waals surface area (Å²) in [6.45, 7) is 2.42. The third kappa shape index (κ3) is 4.96. The molecule has 0 bridgehead atoms. The fourth-order valence-corrected chi connectivity index (χ4v) is 5.03. The standard InChI is InChI=1S/C21H14BrCl2NO3S2/c1-3-7-28-19-14(22)8-12(9-17(19)27-4-2)10-18-20(26)25(21(29)30-18)16-6-5-13(23)11-15(16)24/h1,5-6,8-11H,4,7H2,2H3/b18-10+. The van der Waals surface area contributed by atoms with E-state index >= 15 is 0 Å². The van der Waals surface area contributed by atoms with Gasteiger partial charge in [0.05, 0.1) is 26.7 Å². The Hall–Kier alpha value is -1.69. The highest BCUT2D eigenvalue weighted by atomic mass is 79.9. The first-order chi connectivity index (χ1) is 14.3. The zero-order valence-corrected chi connectivity index (χ0v) is 20.3. The summed E-state index contributed by atoms with van der Waals surface area (Å²) in [6.07, 6.45) is 7.02. The summed E-state index contributed by atoms with van der Waals surface area (Å²) in [5.41, 5.74) is 1.22. The molecular weight excluding hydrogens is 529 g/mol. The van der Waals surface area contributed by atoms with E-state index in [0.29, 0.717) is 47.5 Å². The van der Waals surface area contributed by atoms with Crippen LogP contribution >= 0.6 is 63.1 Å². The number of nitrogens with zero attached hydrogens (tertiary/aromatic N) is 1. The van der Waals surface area contributed by atoms with E-state index in [2.05, 4.69) is 21.9 Å². The topological polar surface area (TPSA) is 38.8 Å². The Morgan fingerprint density at radius 2 is 2.07 bits per heavy atom. The van der Waals surface area contributed by atoms with Crippen LogP contribution in [-0.4, -0.2) is 23.4 Å². The predicted octanol–water partition coefficient (Wildman–Crippen LogP) is 6.57. The predicted molar refractivity (Wildman–Crippen MR) is 132 cm³/mol. The second-order valence-corrected chi connectivity index (χ2v) is 9.24. The molecule has 9 heteroatoms. The van der Waals surface area contributed by atoms with Gasteiger partial charge >= 0.3 is 0 Å². The summed E-state index contributed by atoms with van der Waals surface area (Å²) in [6, 6.07) is 8.49. The zero-order chi connectivity index (χ0) is 21.8. The highest BCUT2D eigenvalue weighted by Gasteiger charge is 2.34. The Kier molecular flexibility index (Phi) is 7.72. The fourth-order valence-electron chi connectivity index (χ4n) is 2.68. The van der Waals surface area contributed by atoms with Crippen molar-refractivity contribution in [3.8, 4) is 23.8 Å². The molecule has 1 aliphatic heterocycles. The van der Waals surface area contributed by atoms with Gasteiger partial charge in [0, 0.05) is 5.02 Å². The minimum Gasteiger partial charge on any atom is -0.490 e. The second-order valence-electron chi connectivity index (χ2n) is 5.87. The van der Waals surface area contributed by atoms with Crippen LogP contribution in [0, 0.1) is 12.3 Å². The second kappa shape index (κ2) is 10.1. The average Bonchev–Trinajstić information content (AvgIpc) is 2.95.